The topological polar surface area (TPSA) is 36.7 Å². The standard InChI is InChI=1S/C15H24N2/c1-3-5-6-7-8-13(4-2)14-9-10-17-15(11-14)12-16/h9-13,16H,3-8H2,1-2H3. The molecule has 1 N–H and O–H groups in total. The number of unbranched alkanes of at least 4 members (excludes halogenated alkanes) is 3. The van der Waals surface area contributed by atoms with E-state index < -0.39 is 0 Å². The van der Waals surface area contributed by atoms with Gasteiger partial charge >= 0.3 is 0 Å². The smallest absolute Gasteiger partial charge is 0.0807 e. The minimum atomic E-state index is 0.633. The van der Waals surface area contributed by atoms with E-state index in [0.29, 0.717) is 5.92 Å². The van der Waals surface area contributed by atoms with Crippen LogP contribution in [0.4, 0.5) is 0 Å². The quantitative estimate of drug-likeness (QED) is 0.518. The van der Waals surface area contributed by atoms with Gasteiger partial charge in [-0.15, -0.1) is 0 Å². The number of rotatable bonds is 8. The second-order valence-corrected chi connectivity index (χ2v) is 4.61. The van der Waals surface area contributed by atoms with E-state index >= 15 is 0 Å². The van der Waals surface area contributed by atoms with E-state index in [-0.39, 0.29) is 0 Å². The molecular weight excluding hydrogens is 208 g/mol. The van der Waals surface area contributed by atoms with E-state index in [1.165, 1.54) is 50.3 Å². The molecule has 1 atom stereocenters. The van der Waals surface area contributed by atoms with Gasteiger partial charge in [0.25, 0.3) is 0 Å². The van der Waals surface area contributed by atoms with Crippen LogP contribution >= 0.6 is 0 Å². The molecule has 0 aliphatic heterocycles. The zero-order valence-electron chi connectivity index (χ0n) is 11.1. The normalized spacial score (nSPS) is 12.4. The lowest BCUT2D eigenvalue weighted by atomic mass is 9.91. The Balaban J connectivity index is 2.56. The number of nitrogens with one attached hydrogen (secondary N) is 1. The summed E-state index contributed by atoms with van der Waals surface area (Å²) in [6.45, 7) is 4.49. The van der Waals surface area contributed by atoms with Crippen molar-refractivity contribution in [1.82, 2.24) is 4.98 Å². The molecule has 1 rings (SSSR count). The number of nitrogens with zero attached hydrogens (tertiary/aromatic N) is 1. The molecule has 1 aromatic heterocycles. The molecule has 0 bridgehead atoms. The van der Waals surface area contributed by atoms with Crippen molar-refractivity contribution in [2.75, 3.05) is 0 Å². The maximum Gasteiger partial charge on any atom is 0.0807 e. The van der Waals surface area contributed by atoms with Crippen LogP contribution in [0.15, 0.2) is 18.3 Å². The average molecular weight is 232 g/mol. The van der Waals surface area contributed by atoms with Crippen molar-refractivity contribution in [1.29, 1.82) is 5.41 Å². The molecule has 0 fully saturated rings. The predicted octanol–water partition coefficient (Wildman–Crippen LogP) is 4.54. The molecule has 0 saturated carbocycles. The molecule has 1 unspecified atom stereocenters. The summed E-state index contributed by atoms with van der Waals surface area (Å²) in [6.07, 6.45) is 10.9. The van der Waals surface area contributed by atoms with Crippen LogP contribution in [-0.4, -0.2) is 11.2 Å². The van der Waals surface area contributed by atoms with E-state index in [4.69, 9.17) is 5.41 Å². The molecule has 0 saturated heterocycles. The Morgan fingerprint density at radius 2 is 2.12 bits per heavy atom. The first-order valence-electron chi connectivity index (χ1n) is 6.78. The van der Waals surface area contributed by atoms with Gasteiger partial charge in [0.15, 0.2) is 0 Å². The molecule has 0 aliphatic rings. The summed E-state index contributed by atoms with van der Waals surface area (Å²) in [5.74, 6) is 0.633. The van der Waals surface area contributed by atoms with Crippen LogP contribution < -0.4 is 0 Å². The van der Waals surface area contributed by atoms with Gasteiger partial charge in [0.1, 0.15) is 0 Å². The molecule has 17 heavy (non-hydrogen) atoms. The summed E-state index contributed by atoms with van der Waals surface area (Å²) in [5, 5.41) is 7.24. The van der Waals surface area contributed by atoms with Crippen molar-refractivity contribution in [3.05, 3.63) is 29.6 Å². The van der Waals surface area contributed by atoms with Crippen LogP contribution in [0.3, 0.4) is 0 Å². The van der Waals surface area contributed by atoms with E-state index in [1.54, 1.807) is 0 Å². The minimum Gasteiger partial charge on any atom is -0.307 e. The average Bonchev–Trinajstić information content (AvgIpc) is 2.39. The van der Waals surface area contributed by atoms with E-state index in [9.17, 15) is 0 Å². The first-order valence-corrected chi connectivity index (χ1v) is 6.78. The third-order valence-corrected chi connectivity index (χ3v) is 3.32. The Hall–Kier alpha value is -1.18. The van der Waals surface area contributed by atoms with Gasteiger partial charge in [0.05, 0.1) is 5.69 Å². The highest BCUT2D eigenvalue weighted by Gasteiger charge is 2.09. The third kappa shape index (κ3) is 4.68. The molecule has 94 valence electrons. The van der Waals surface area contributed by atoms with E-state index in [2.05, 4.69) is 31.0 Å². The second kappa shape index (κ2) is 7.99. The lowest BCUT2D eigenvalue weighted by Gasteiger charge is -2.15. The zero-order valence-corrected chi connectivity index (χ0v) is 11.1. The fourth-order valence-corrected chi connectivity index (χ4v) is 2.22. The molecule has 2 heteroatoms. The van der Waals surface area contributed by atoms with E-state index in [0.717, 1.165) is 5.69 Å². The Morgan fingerprint density at radius 3 is 2.76 bits per heavy atom. The lowest BCUT2D eigenvalue weighted by Crippen LogP contribution is -1.99. The number of hydrogen-bond donors (Lipinski definition) is 1. The van der Waals surface area contributed by atoms with Gasteiger partial charge in [-0.05, 0) is 36.5 Å². The first kappa shape index (κ1) is 13.9. The monoisotopic (exact) mass is 232 g/mol. The maximum absolute atomic E-state index is 7.24. The third-order valence-electron chi connectivity index (χ3n) is 3.32. The van der Waals surface area contributed by atoms with Crippen LogP contribution in [-0.2, 0) is 0 Å². The molecule has 0 aromatic carbocycles. The van der Waals surface area contributed by atoms with Crippen LogP contribution in [0.1, 0.15) is 69.5 Å². The van der Waals surface area contributed by atoms with Gasteiger partial charge in [-0.1, -0.05) is 39.5 Å². The number of pyridine rings is 1. The highest BCUT2D eigenvalue weighted by Crippen LogP contribution is 2.25. The lowest BCUT2D eigenvalue weighted by molar-refractivity contribution is 0.542. The maximum atomic E-state index is 7.24. The molecule has 0 amide bonds. The molecule has 1 heterocycles. The van der Waals surface area contributed by atoms with Crippen molar-refractivity contribution in [2.45, 2.75) is 58.3 Å². The summed E-state index contributed by atoms with van der Waals surface area (Å²) >= 11 is 0. The summed E-state index contributed by atoms with van der Waals surface area (Å²) in [4.78, 5) is 4.14. The summed E-state index contributed by atoms with van der Waals surface area (Å²) in [6, 6.07) is 4.15. The Morgan fingerprint density at radius 1 is 1.29 bits per heavy atom. The Kier molecular flexibility index (Phi) is 6.53. The van der Waals surface area contributed by atoms with E-state index in [1.807, 2.05) is 6.20 Å². The largest absolute Gasteiger partial charge is 0.307 e. The minimum absolute atomic E-state index is 0.633. The van der Waals surface area contributed by atoms with Crippen LogP contribution in [0, 0.1) is 5.41 Å². The van der Waals surface area contributed by atoms with Crippen molar-refractivity contribution in [3.8, 4) is 0 Å². The van der Waals surface area contributed by atoms with Crippen molar-refractivity contribution >= 4 is 6.21 Å². The fourth-order valence-electron chi connectivity index (χ4n) is 2.22. The second-order valence-electron chi connectivity index (χ2n) is 4.61. The molecule has 2 nitrogen and oxygen atoms in total. The highest BCUT2D eigenvalue weighted by atomic mass is 14.7. The van der Waals surface area contributed by atoms with Gasteiger partial charge in [-0.25, -0.2) is 0 Å². The number of aromatic nitrogens is 1. The van der Waals surface area contributed by atoms with Gasteiger partial charge < -0.3 is 5.41 Å². The fraction of sp³-hybridized carbons (Fsp3) is 0.600. The first-order chi connectivity index (χ1) is 8.31. The van der Waals surface area contributed by atoms with Crippen molar-refractivity contribution in [3.63, 3.8) is 0 Å². The summed E-state index contributed by atoms with van der Waals surface area (Å²) < 4.78 is 0. The number of hydrogen-bond acceptors (Lipinski definition) is 2. The van der Waals surface area contributed by atoms with Gasteiger partial charge in [0.2, 0.25) is 0 Å². The van der Waals surface area contributed by atoms with Gasteiger partial charge in [0, 0.05) is 12.4 Å². The summed E-state index contributed by atoms with van der Waals surface area (Å²) in [5.41, 5.74) is 2.12. The van der Waals surface area contributed by atoms with Gasteiger partial charge in [-0.2, -0.15) is 0 Å². The van der Waals surface area contributed by atoms with Crippen LogP contribution in [0.2, 0.25) is 0 Å². The predicted molar refractivity (Wildman–Crippen MR) is 73.9 cm³/mol. The molecule has 0 aliphatic carbocycles. The molecule has 0 spiro atoms. The Bertz CT molecular complexity index is 333. The summed E-state index contributed by atoms with van der Waals surface area (Å²) in [7, 11) is 0. The SMILES string of the molecule is CCCCCCC(CC)c1ccnc(C=N)c1. The van der Waals surface area contributed by atoms with Crippen LogP contribution in [0.25, 0.3) is 0 Å². The highest BCUT2D eigenvalue weighted by molar-refractivity contribution is 5.74. The zero-order chi connectivity index (χ0) is 12.5. The van der Waals surface area contributed by atoms with Crippen molar-refractivity contribution < 1.29 is 0 Å². The molecule has 1 aromatic rings. The Labute approximate surface area is 105 Å². The van der Waals surface area contributed by atoms with Crippen LogP contribution in [0.5, 0.6) is 0 Å². The van der Waals surface area contributed by atoms with Gasteiger partial charge in [-0.3, -0.25) is 4.98 Å². The van der Waals surface area contributed by atoms with Crippen molar-refractivity contribution in [2.24, 2.45) is 0 Å². The molecule has 0 radical (unpaired) electrons. The molecular formula is C15H24N2.